The van der Waals surface area contributed by atoms with Crippen LogP contribution in [0.2, 0.25) is 0 Å². The molecule has 3 N–H and O–H groups in total. The van der Waals surface area contributed by atoms with Gasteiger partial charge in [-0.1, -0.05) is 58.3 Å². The van der Waals surface area contributed by atoms with Gasteiger partial charge in [-0.25, -0.2) is 0 Å². The van der Waals surface area contributed by atoms with Crippen LogP contribution in [0.5, 0.6) is 0 Å². The number of rotatable bonds is 13. The van der Waals surface area contributed by atoms with Gasteiger partial charge in [0.05, 0.1) is 37.1 Å². The van der Waals surface area contributed by atoms with Crippen LogP contribution in [0.3, 0.4) is 0 Å². The van der Waals surface area contributed by atoms with Gasteiger partial charge in [0.15, 0.2) is 0 Å². The Morgan fingerprint density at radius 3 is 1.77 bits per heavy atom. The van der Waals surface area contributed by atoms with Crippen LogP contribution in [0.4, 0.5) is 0 Å². The van der Waals surface area contributed by atoms with E-state index >= 15 is 0 Å². The van der Waals surface area contributed by atoms with E-state index in [1.54, 1.807) is 0 Å². The van der Waals surface area contributed by atoms with Gasteiger partial charge in [-0.05, 0) is 32.1 Å². The molecule has 0 unspecified atom stereocenters. The van der Waals surface area contributed by atoms with Crippen molar-refractivity contribution < 1.29 is 24.8 Å². The average Bonchev–Trinajstić information content (AvgIpc) is 3.32. The molecular formula is C21H40O5. The normalized spacial score (nSPS) is 31.4. The molecule has 0 bridgehead atoms. The third kappa shape index (κ3) is 7.08. The summed E-state index contributed by atoms with van der Waals surface area (Å²) < 4.78 is 11.9. The van der Waals surface area contributed by atoms with E-state index in [-0.39, 0.29) is 37.1 Å². The molecule has 154 valence electrons. The fourth-order valence-corrected chi connectivity index (χ4v) is 4.28. The van der Waals surface area contributed by atoms with Crippen molar-refractivity contribution in [2.75, 3.05) is 6.61 Å². The quantitative estimate of drug-likeness (QED) is 0.432. The van der Waals surface area contributed by atoms with E-state index in [1.807, 2.05) is 0 Å². The molecule has 0 aromatic heterocycles. The van der Waals surface area contributed by atoms with E-state index in [9.17, 15) is 10.2 Å². The summed E-state index contributed by atoms with van der Waals surface area (Å²) in [5, 5.41) is 29.2. The minimum atomic E-state index is -0.801. The van der Waals surface area contributed by atoms with E-state index in [4.69, 9.17) is 14.6 Å². The maximum absolute atomic E-state index is 10.4. The highest BCUT2D eigenvalue weighted by atomic mass is 16.6. The molecule has 26 heavy (non-hydrogen) atoms. The van der Waals surface area contributed by atoms with Gasteiger partial charge in [-0.15, -0.1) is 0 Å². The number of hydrogen-bond donors (Lipinski definition) is 3. The largest absolute Gasteiger partial charge is 0.394 e. The fraction of sp³-hybridized carbons (Fsp3) is 1.00. The lowest BCUT2D eigenvalue weighted by Crippen LogP contribution is -2.34. The summed E-state index contributed by atoms with van der Waals surface area (Å²) in [7, 11) is 0. The minimum Gasteiger partial charge on any atom is -0.394 e. The lowest BCUT2D eigenvalue weighted by molar-refractivity contribution is -0.114. The molecule has 2 rings (SSSR count). The molecule has 2 aliphatic heterocycles. The molecular weight excluding hydrogens is 332 g/mol. The molecule has 2 aliphatic rings. The van der Waals surface area contributed by atoms with E-state index in [1.165, 1.54) is 44.9 Å². The predicted molar refractivity (Wildman–Crippen MR) is 102 cm³/mol. The van der Waals surface area contributed by atoms with Crippen molar-refractivity contribution in [1.82, 2.24) is 0 Å². The first kappa shape index (κ1) is 22.1. The van der Waals surface area contributed by atoms with Crippen LogP contribution in [0.1, 0.15) is 90.4 Å². The molecule has 6 atom stereocenters. The molecule has 5 heteroatoms. The zero-order chi connectivity index (χ0) is 18.8. The van der Waals surface area contributed by atoms with Gasteiger partial charge in [0, 0.05) is 0 Å². The molecule has 0 radical (unpaired) electrons. The molecule has 0 aromatic carbocycles. The summed E-state index contributed by atoms with van der Waals surface area (Å²) in [6.45, 7) is 1.98. The standard InChI is InChI=1S/C21H40O5/c1-2-3-4-5-6-7-8-9-10-16(23)18-11-13-20(25-18)21-14-12-19(26-21)17(24)15-22/h16-24H,2-15H2,1H3/t16-,17-,18-,19-,20-,21+/m1/s1. The first-order valence-corrected chi connectivity index (χ1v) is 10.9. The number of aliphatic hydroxyl groups is 3. The maximum Gasteiger partial charge on any atom is 0.103 e. The van der Waals surface area contributed by atoms with Crippen molar-refractivity contribution in [1.29, 1.82) is 0 Å². The SMILES string of the molecule is CCCCCCCCCC[C@@H](O)[C@H]1CC[C@H]([C@@H]2CC[C@H]([C@H](O)CO)O2)O1. The second-order valence-corrected chi connectivity index (χ2v) is 8.16. The Hall–Kier alpha value is -0.200. The smallest absolute Gasteiger partial charge is 0.103 e. The third-order valence-electron chi connectivity index (χ3n) is 5.98. The summed E-state index contributed by atoms with van der Waals surface area (Å²) in [6, 6.07) is 0. The Morgan fingerprint density at radius 1 is 0.731 bits per heavy atom. The summed E-state index contributed by atoms with van der Waals surface area (Å²) in [4.78, 5) is 0. The first-order valence-electron chi connectivity index (χ1n) is 10.9. The van der Waals surface area contributed by atoms with Crippen LogP contribution in [-0.4, -0.2) is 58.6 Å². The third-order valence-corrected chi connectivity index (χ3v) is 5.98. The van der Waals surface area contributed by atoms with Crippen molar-refractivity contribution >= 4 is 0 Å². The molecule has 5 nitrogen and oxygen atoms in total. The second-order valence-electron chi connectivity index (χ2n) is 8.16. The predicted octanol–water partition coefficient (Wildman–Crippen LogP) is 3.33. The number of hydrogen-bond acceptors (Lipinski definition) is 5. The van der Waals surface area contributed by atoms with Crippen molar-refractivity contribution in [2.24, 2.45) is 0 Å². The maximum atomic E-state index is 10.4. The summed E-state index contributed by atoms with van der Waals surface area (Å²) >= 11 is 0. The molecule has 0 aromatic rings. The zero-order valence-electron chi connectivity index (χ0n) is 16.5. The Kier molecular flexibility index (Phi) is 10.4. The lowest BCUT2D eigenvalue weighted by atomic mass is 10.0. The number of ether oxygens (including phenoxy) is 2. The van der Waals surface area contributed by atoms with Crippen LogP contribution in [0, 0.1) is 0 Å². The van der Waals surface area contributed by atoms with E-state index in [2.05, 4.69) is 6.92 Å². The topological polar surface area (TPSA) is 79.2 Å². The molecule has 0 spiro atoms. The van der Waals surface area contributed by atoms with Crippen molar-refractivity contribution in [3.63, 3.8) is 0 Å². The molecule has 0 aliphatic carbocycles. The molecule has 2 heterocycles. The molecule has 2 saturated heterocycles. The first-order chi connectivity index (χ1) is 12.7. The van der Waals surface area contributed by atoms with Gasteiger partial charge >= 0.3 is 0 Å². The van der Waals surface area contributed by atoms with Gasteiger partial charge in [0.2, 0.25) is 0 Å². The van der Waals surface area contributed by atoms with Crippen LogP contribution in [0.25, 0.3) is 0 Å². The van der Waals surface area contributed by atoms with E-state index in [0.29, 0.717) is 0 Å². The second kappa shape index (κ2) is 12.3. The highest BCUT2D eigenvalue weighted by Crippen LogP contribution is 2.33. The van der Waals surface area contributed by atoms with Gasteiger partial charge in [-0.3, -0.25) is 0 Å². The summed E-state index contributed by atoms with van der Waals surface area (Å²) in [5.74, 6) is 0. The lowest BCUT2D eigenvalue weighted by Gasteiger charge is -2.23. The molecule has 0 saturated carbocycles. The van der Waals surface area contributed by atoms with Crippen molar-refractivity contribution in [3.05, 3.63) is 0 Å². The highest BCUT2D eigenvalue weighted by molar-refractivity contribution is 4.89. The Labute approximate surface area is 159 Å². The van der Waals surface area contributed by atoms with Crippen LogP contribution >= 0.6 is 0 Å². The van der Waals surface area contributed by atoms with Gasteiger partial charge in [-0.2, -0.15) is 0 Å². The Bertz CT molecular complexity index is 364. The molecule has 2 fully saturated rings. The fourth-order valence-electron chi connectivity index (χ4n) is 4.28. The van der Waals surface area contributed by atoms with Crippen molar-refractivity contribution in [2.45, 2.75) is 127 Å². The Morgan fingerprint density at radius 2 is 1.23 bits per heavy atom. The molecule has 0 amide bonds. The van der Waals surface area contributed by atoms with Crippen LogP contribution in [-0.2, 0) is 9.47 Å². The van der Waals surface area contributed by atoms with Crippen LogP contribution in [0.15, 0.2) is 0 Å². The van der Waals surface area contributed by atoms with E-state index < -0.39 is 6.10 Å². The number of unbranched alkanes of at least 4 members (excludes halogenated alkanes) is 7. The average molecular weight is 373 g/mol. The Balaban J connectivity index is 1.55. The monoisotopic (exact) mass is 372 g/mol. The van der Waals surface area contributed by atoms with Gasteiger partial charge in [0.1, 0.15) is 6.10 Å². The summed E-state index contributed by atoms with van der Waals surface area (Å²) in [6.07, 6.45) is 12.9. The highest BCUT2D eigenvalue weighted by Gasteiger charge is 2.40. The van der Waals surface area contributed by atoms with E-state index in [0.717, 1.165) is 38.5 Å². The summed E-state index contributed by atoms with van der Waals surface area (Å²) in [5.41, 5.74) is 0. The van der Waals surface area contributed by atoms with Crippen molar-refractivity contribution in [3.8, 4) is 0 Å². The minimum absolute atomic E-state index is 0.0125. The van der Waals surface area contributed by atoms with Gasteiger partial charge in [0.25, 0.3) is 0 Å². The number of aliphatic hydroxyl groups excluding tert-OH is 3. The van der Waals surface area contributed by atoms with Crippen LogP contribution < -0.4 is 0 Å². The van der Waals surface area contributed by atoms with Gasteiger partial charge < -0.3 is 24.8 Å². The zero-order valence-corrected chi connectivity index (χ0v) is 16.5.